The van der Waals surface area contributed by atoms with Crippen LogP contribution < -0.4 is 10.5 Å². The third-order valence-electron chi connectivity index (χ3n) is 5.03. The zero-order valence-corrected chi connectivity index (χ0v) is 22.3. The fraction of sp³-hybridized carbons (Fsp3) is 0.292. The Morgan fingerprint density at radius 3 is 2.39 bits per heavy atom. The number of fused-ring (bicyclic) bond motifs is 1. The standard InChI is InChI=1S/C24H23I2NO6/c1-2-3-7-21(29)32-14-8-9-15-19(12-14)33-18(5-4-6-20(27)28)22(15)23(30)13-10-16(25)24(31)17(26)11-13/h8-12,31H,2-7H2,1H3,(H2,27,28). The summed E-state index contributed by atoms with van der Waals surface area (Å²) in [5.41, 5.74) is 6.47. The Morgan fingerprint density at radius 1 is 1.06 bits per heavy atom. The van der Waals surface area contributed by atoms with Gasteiger partial charge in [0.1, 0.15) is 22.8 Å². The number of halogens is 2. The van der Waals surface area contributed by atoms with Crippen LogP contribution in [0.2, 0.25) is 0 Å². The lowest BCUT2D eigenvalue weighted by molar-refractivity contribution is -0.134. The number of hydrogen-bond donors (Lipinski definition) is 2. The summed E-state index contributed by atoms with van der Waals surface area (Å²) in [5.74, 6) is -0.109. The molecular formula is C24H23I2NO6. The van der Waals surface area contributed by atoms with Crippen molar-refractivity contribution in [2.45, 2.75) is 45.4 Å². The molecule has 0 atom stereocenters. The van der Waals surface area contributed by atoms with E-state index < -0.39 is 5.91 Å². The molecule has 1 amide bonds. The van der Waals surface area contributed by atoms with Crippen molar-refractivity contribution in [3.8, 4) is 11.5 Å². The van der Waals surface area contributed by atoms with Gasteiger partial charge < -0.3 is 20.0 Å². The molecule has 0 radical (unpaired) electrons. The summed E-state index contributed by atoms with van der Waals surface area (Å²) in [7, 11) is 0. The van der Waals surface area contributed by atoms with Crippen molar-refractivity contribution in [1.82, 2.24) is 0 Å². The fourth-order valence-corrected chi connectivity index (χ4v) is 5.15. The number of furan rings is 1. The van der Waals surface area contributed by atoms with Gasteiger partial charge in [0.2, 0.25) is 5.91 Å². The zero-order valence-electron chi connectivity index (χ0n) is 18.0. The monoisotopic (exact) mass is 675 g/mol. The van der Waals surface area contributed by atoms with Gasteiger partial charge in [-0.3, -0.25) is 14.4 Å². The second kappa shape index (κ2) is 11.3. The molecule has 0 unspecified atom stereocenters. The van der Waals surface area contributed by atoms with E-state index in [4.69, 9.17) is 14.9 Å². The minimum atomic E-state index is -0.428. The molecule has 1 heterocycles. The average Bonchev–Trinajstić information content (AvgIpc) is 3.12. The molecule has 33 heavy (non-hydrogen) atoms. The van der Waals surface area contributed by atoms with Gasteiger partial charge in [0.15, 0.2) is 5.78 Å². The highest BCUT2D eigenvalue weighted by molar-refractivity contribution is 14.1. The molecule has 0 saturated carbocycles. The molecule has 3 N–H and O–H groups in total. The number of amides is 1. The van der Waals surface area contributed by atoms with E-state index in [9.17, 15) is 19.5 Å². The second-order valence-electron chi connectivity index (χ2n) is 7.57. The molecule has 2 aromatic carbocycles. The summed E-state index contributed by atoms with van der Waals surface area (Å²) in [6.07, 6.45) is 2.90. The molecule has 0 saturated heterocycles. The summed E-state index contributed by atoms with van der Waals surface area (Å²) in [6.45, 7) is 2.00. The normalized spacial score (nSPS) is 11.0. The van der Waals surface area contributed by atoms with Crippen LogP contribution >= 0.6 is 45.2 Å². The molecule has 1 aromatic heterocycles. The Hall–Kier alpha value is -2.15. The number of rotatable bonds is 10. The largest absolute Gasteiger partial charge is 0.506 e. The van der Waals surface area contributed by atoms with E-state index in [1.54, 1.807) is 30.3 Å². The molecule has 9 heteroatoms. The van der Waals surface area contributed by atoms with Gasteiger partial charge in [0.25, 0.3) is 0 Å². The number of primary amides is 1. The van der Waals surface area contributed by atoms with Gasteiger partial charge in [0, 0.05) is 36.3 Å². The van der Waals surface area contributed by atoms with Crippen molar-refractivity contribution < 1.29 is 28.6 Å². The Kier molecular flexibility index (Phi) is 8.74. The van der Waals surface area contributed by atoms with Gasteiger partial charge in [-0.2, -0.15) is 0 Å². The average molecular weight is 675 g/mol. The van der Waals surface area contributed by atoms with Gasteiger partial charge in [-0.1, -0.05) is 13.3 Å². The number of phenolic OH excluding ortho intramolecular Hbond substituents is 1. The van der Waals surface area contributed by atoms with E-state index in [-0.39, 0.29) is 23.9 Å². The van der Waals surface area contributed by atoms with E-state index in [1.807, 2.05) is 52.1 Å². The lowest BCUT2D eigenvalue weighted by atomic mass is 9.98. The minimum Gasteiger partial charge on any atom is -0.506 e. The third-order valence-corrected chi connectivity index (χ3v) is 6.68. The van der Waals surface area contributed by atoms with Gasteiger partial charge in [-0.15, -0.1) is 0 Å². The number of unbranched alkanes of at least 4 members (excludes halogenated alkanes) is 1. The van der Waals surface area contributed by atoms with Crippen LogP contribution in [0.15, 0.2) is 34.7 Å². The maximum atomic E-state index is 13.5. The molecule has 0 aliphatic carbocycles. The van der Waals surface area contributed by atoms with Crippen LogP contribution in [0, 0.1) is 7.14 Å². The topological polar surface area (TPSA) is 120 Å². The number of benzene rings is 2. The first kappa shape index (κ1) is 25.5. The predicted molar refractivity (Wildman–Crippen MR) is 140 cm³/mol. The lowest BCUT2D eigenvalue weighted by Gasteiger charge is -2.07. The van der Waals surface area contributed by atoms with Crippen LogP contribution in [0.3, 0.4) is 0 Å². The first-order valence-corrected chi connectivity index (χ1v) is 12.6. The number of aromatic hydroxyl groups is 1. The van der Waals surface area contributed by atoms with Crippen LogP contribution in [0.25, 0.3) is 11.0 Å². The van der Waals surface area contributed by atoms with E-state index in [2.05, 4.69) is 0 Å². The van der Waals surface area contributed by atoms with E-state index in [0.717, 1.165) is 12.8 Å². The molecule has 0 aliphatic rings. The highest BCUT2D eigenvalue weighted by Crippen LogP contribution is 2.34. The smallest absolute Gasteiger partial charge is 0.311 e. The highest BCUT2D eigenvalue weighted by Gasteiger charge is 2.24. The van der Waals surface area contributed by atoms with E-state index >= 15 is 0 Å². The Morgan fingerprint density at radius 2 is 1.76 bits per heavy atom. The number of aryl methyl sites for hydroxylation is 1. The quantitative estimate of drug-likeness (QED) is 0.127. The Bertz CT molecular complexity index is 1190. The highest BCUT2D eigenvalue weighted by atomic mass is 127. The number of hydrogen-bond acceptors (Lipinski definition) is 6. The second-order valence-corrected chi connectivity index (χ2v) is 9.90. The summed E-state index contributed by atoms with van der Waals surface area (Å²) in [4.78, 5) is 36.7. The predicted octanol–water partition coefficient (Wildman–Crippen LogP) is 5.48. The maximum Gasteiger partial charge on any atom is 0.311 e. The van der Waals surface area contributed by atoms with Crippen molar-refractivity contribution in [1.29, 1.82) is 0 Å². The Balaban J connectivity index is 2.02. The summed E-state index contributed by atoms with van der Waals surface area (Å²) in [5, 5.41) is 10.6. The van der Waals surface area contributed by atoms with Crippen molar-refractivity contribution in [2.24, 2.45) is 5.73 Å². The van der Waals surface area contributed by atoms with Crippen LogP contribution in [0.1, 0.15) is 60.7 Å². The Labute approximate surface area is 218 Å². The zero-order chi connectivity index (χ0) is 24.1. The number of carbonyl (C=O) groups is 3. The van der Waals surface area contributed by atoms with Crippen LogP contribution in [0.5, 0.6) is 11.5 Å². The molecule has 3 rings (SSSR count). The van der Waals surface area contributed by atoms with Gasteiger partial charge in [-0.25, -0.2) is 0 Å². The SMILES string of the molecule is CCCCC(=O)Oc1ccc2c(C(=O)c3cc(I)c(O)c(I)c3)c(CCCC(N)=O)oc2c1. The van der Waals surface area contributed by atoms with Crippen molar-refractivity contribution in [2.75, 3.05) is 0 Å². The summed E-state index contributed by atoms with van der Waals surface area (Å²) in [6, 6.07) is 8.17. The van der Waals surface area contributed by atoms with E-state index in [0.29, 0.717) is 60.0 Å². The first-order valence-electron chi connectivity index (χ1n) is 10.5. The molecular weight excluding hydrogens is 652 g/mol. The van der Waals surface area contributed by atoms with E-state index in [1.165, 1.54) is 0 Å². The number of phenols is 1. The number of ketones is 1. The van der Waals surface area contributed by atoms with Crippen molar-refractivity contribution in [3.63, 3.8) is 0 Å². The molecule has 0 aliphatic heterocycles. The lowest BCUT2D eigenvalue weighted by Crippen LogP contribution is -2.11. The molecule has 0 fully saturated rings. The first-order chi connectivity index (χ1) is 15.7. The van der Waals surface area contributed by atoms with Crippen LogP contribution in [0.4, 0.5) is 0 Å². The van der Waals surface area contributed by atoms with Gasteiger partial charge >= 0.3 is 5.97 Å². The molecule has 3 aromatic rings. The van der Waals surface area contributed by atoms with Crippen molar-refractivity contribution in [3.05, 3.63) is 54.4 Å². The molecule has 0 bridgehead atoms. The summed E-state index contributed by atoms with van der Waals surface area (Å²) < 4.78 is 12.5. The van der Waals surface area contributed by atoms with Crippen molar-refractivity contribution >= 4 is 73.8 Å². The number of nitrogens with two attached hydrogens (primary N) is 1. The summed E-state index contributed by atoms with van der Waals surface area (Å²) >= 11 is 3.96. The number of carbonyl (C=O) groups excluding carboxylic acids is 3. The van der Waals surface area contributed by atoms with Crippen LogP contribution in [-0.2, 0) is 16.0 Å². The number of esters is 1. The van der Waals surface area contributed by atoms with Crippen LogP contribution in [-0.4, -0.2) is 22.8 Å². The maximum absolute atomic E-state index is 13.5. The molecule has 174 valence electrons. The fourth-order valence-electron chi connectivity index (χ4n) is 3.38. The van der Waals surface area contributed by atoms with Gasteiger partial charge in [0.05, 0.1) is 12.7 Å². The minimum absolute atomic E-state index is 0.126. The van der Waals surface area contributed by atoms with Gasteiger partial charge in [-0.05, 0) is 82.3 Å². The molecule has 7 nitrogen and oxygen atoms in total. The molecule has 0 spiro atoms. The number of ether oxygens (including phenoxy) is 1. The third kappa shape index (κ3) is 6.25.